The van der Waals surface area contributed by atoms with E-state index in [4.69, 9.17) is 9.47 Å². The molecule has 0 aliphatic carbocycles. The molecule has 2 atom stereocenters. The highest BCUT2D eigenvalue weighted by Gasteiger charge is 2.18. The Morgan fingerprint density at radius 1 is 1.10 bits per heavy atom. The molecule has 0 aromatic carbocycles. The summed E-state index contributed by atoms with van der Waals surface area (Å²) in [4.78, 5) is 11.6. The second-order valence-electron chi connectivity index (χ2n) is 5.35. The maximum atomic E-state index is 11.6. The molecular weight excluding hydrogens is 254 g/mol. The summed E-state index contributed by atoms with van der Waals surface area (Å²) in [6.45, 7) is 7.84. The van der Waals surface area contributed by atoms with Crippen molar-refractivity contribution in [1.29, 1.82) is 0 Å². The van der Waals surface area contributed by atoms with Gasteiger partial charge in [-0.3, -0.25) is 4.79 Å². The summed E-state index contributed by atoms with van der Waals surface area (Å²) in [5, 5.41) is 3.20. The van der Waals surface area contributed by atoms with Gasteiger partial charge in [-0.25, -0.2) is 0 Å². The highest BCUT2D eigenvalue weighted by atomic mass is 16.5. The predicted molar refractivity (Wildman–Crippen MR) is 82.9 cm³/mol. The molecule has 2 unspecified atom stereocenters. The Kier molecular flexibility index (Phi) is 13.0. The van der Waals surface area contributed by atoms with E-state index in [-0.39, 0.29) is 18.1 Å². The molecule has 120 valence electrons. The molecule has 20 heavy (non-hydrogen) atoms. The molecule has 0 heterocycles. The van der Waals surface area contributed by atoms with Crippen LogP contribution in [0.3, 0.4) is 0 Å². The molecule has 0 rings (SSSR count). The first-order valence-corrected chi connectivity index (χ1v) is 8.08. The smallest absolute Gasteiger partial charge is 0.322 e. The fourth-order valence-electron chi connectivity index (χ4n) is 2.09. The molecule has 4 heteroatoms. The fourth-order valence-corrected chi connectivity index (χ4v) is 2.09. The summed E-state index contributed by atoms with van der Waals surface area (Å²) in [5.41, 5.74) is 0. The highest BCUT2D eigenvalue weighted by molar-refractivity contribution is 5.75. The highest BCUT2D eigenvalue weighted by Crippen LogP contribution is 2.08. The van der Waals surface area contributed by atoms with Crippen LogP contribution in [0.15, 0.2) is 0 Å². The van der Waals surface area contributed by atoms with Crippen molar-refractivity contribution >= 4 is 5.97 Å². The summed E-state index contributed by atoms with van der Waals surface area (Å²) in [5.74, 6) is -0.197. The third-order valence-corrected chi connectivity index (χ3v) is 3.40. The monoisotopic (exact) mass is 287 g/mol. The molecule has 0 aromatic heterocycles. The third-order valence-electron chi connectivity index (χ3n) is 3.40. The molecule has 1 N–H and O–H groups in total. The van der Waals surface area contributed by atoms with Crippen molar-refractivity contribution in [3.05, 3.63) is 0 Å². The number of unbranched alkanes of at least 4 members (excludes halogenated alkanes) is 3. The average molecular weight is 287 g/mol. The van der Waals surface area contributed by atoms with E-state index in [0.29, 0.717) is 13.0 Å². The van der Waals surface area contributed by atoms with E-state index in [1.165, 1.54) is 32.8 Å². The molecule has 0 fully saturated rings. The Morgan fingerprint density at radius 2 is 1.85 bits per heavy atom. The Balaban J connectivity index is 3.77. The van der Waals surface area contributed by atoms with Crippen LogP contribution in [0.1, 0.15) is 65.7 Å². The molecule has 4 nitrogen and oxygen atoms in total. The SMILES string of the molecule is CCCCCCC(C)OCCC(NCCC)C(=O)OC. The molecule has 0 bridgehead atoms. The Hall–Kier alpha value is -0.610. The van der Waals surface area contributed by atoms with Crippen molar-refractivity contribution in [2.24, 2.45) is 0 Å². The van der Waals surface area contributed by atoms with E-state index in [1.807, 2.05) is 0 Å². The Morgan fingerprint density at radius 3 is 2.45 bits per heavy atom. The molecule has 0 aliphatic rings. The van der Waals surface area contributed by atoms with Gasteiger partial charge in [-0.2, -0.15) is 0 Å². The summed E-state index contributed by atoms with van der Waals surface area (Å²) in [6, 6.07) is -0.243. The Labute approximate surface area is 124 Å². The Bertz CT molecular complexity index is 234. The number of nitrogens with one attached hydrogen (secondary N) is 1. The first-order valence-electron chi connectivity index (χ1n) is 8.08. The third kappa shape index (κ3) is 10.2. The molecule has 0 saturated heterocycles. The van der Waals surface area contributed by atoms with Crippen molar-refractivity contribution in [2.75, 3.05) is 20.3 Å². The number of carbonyl (C=O) groups excluding carboxylic acids is 1. The lowest BCUT2D eigenvalue weighted by Crippen LogP contribution is -2.39. The van der Waals surface area contributed by atoms with Crippen LogP contribution in [-0.4, -0.2) is 38.4 Å². The first-order chi connectivity index (χ1) is 9.65. The lowest BCUT2D eigenvalue weighted by atomic mass is 10.1. The van der Waals surface area contributed by atoms with Gasteiger partial charge < -0.3 is 14.8 Å². The van der Waals surface area contributed by atoms with E-state index < -0.39 is 0 Å². The summed E-state index contributed by atoms with van der Waals surface area (Å²) in [6.07, 6.45) is 8.13. The first kappa shape index (κ1) is 19.4. The van der Waals surface area contributed by atoms with Crippen LogP contribution in [0.4, 0.5) is 0 Å². The number of hydrogen-bond acceptors (Lipinski definition) is 4. The summed E-state index contributed by atoms with van der Waals surface area (Å²) in [7, 11) is 1.43. The van der Waals surface area contributed by atoms with Gasteiger partial charge in [-0.1, -0.05) is 39.5 Å². The van der Waals surface area contributed by atoms with Crippen LogP contribution in [0.5, 0.6) is 0 Å². The second-order valence-corrected chi connectivity index (χ2v) is 5.35. The van der Waals surface area contributed by atoms with Crippen molar-refractivity contribution in [3.63, 3.8) is 0 Å². The summed E-state index contributed by atoms with van der Waals surface area (Å²) >= 11 is 0. The molecule has 0 amide bonds. The number of rotatable bonds is 13. The van der Waals surface area contributed by atoms with Crippen molar-refractivity contribution in [3.8, 4) is 0 Å². The molecule has 0 spiro atoms. The predicted octanol–water partition coefficient (Wildman–Crippen LogP) is 3.29. The van der Waals surface area contributed by atoms with Gasteiger partial charge in [-0.15, -0.1) is 0 Å². The topological polar surface area (TPSA) is 47.6 Å². The molecular formula is C16H33NO3. The van der Waals surface area contributed by atoms with Gasteiger partial charge in [0.05, 0.1) is 13.2 Å². The van der Waals surface area contributed by atoms with Gasteiger partial charge in [0.2, 0.25) is 0 Å². The van der Waals surface area contributed by atoms with E-state index in [0.717, 1.165) is 19.4 Å². The second kappa shape index (κ2) is 13.4. The molecule has 0 saturated carbocycles. The standard InChI is InChI=1S/C16H33NO3/c1-5-7-8-9-10-14(3)20-13-11-15(16(18)19-4)17-12-6-2/h14-15,17H,5-13H2,1-4H3. The van der Waals surface area contributed by atoms with Crippen LogP contribution in [0.2, 0.25) is 0 Å². The number of carbonyl (C=O) groups is 1. The van der Waals surface area contributed by atoms with Gasteiger partial charge >= 0.3 is 5.97 Å². The molecule has 0 aromatic rings. The normalized spacial score (nSPS) is 14.0. The van der Waals surface area contributed by atoms with E-state index in [2.05, 4.69) is 26.1 Å². The zero-order chi connectivity index (χ0) is 15.2. The quantitative estimate of drug-likeness (QED) is 0.417. The minimum absolute atomic E-state index is 0.197. The van der Waals surface area contributed by atoms with Crippen LogP contribution in [-0.2, 0) is 14.3 Å². The lowest BCUT2D eigenvalue weighted by Gasteiger charge is -2.18. The van der Waals surface area contributed by atoms with Crippen molar-refractivity contribution in [1.82, 2.24) is 5.32 Å². The maximum Gasteiger partial charge on any atom is 0.322 e. The van der Waals surface area contributed by atoms with Crippen LogP contribution in [0, 0.1) is 0 Å². The molecule has 0 aliphatic heterocycles. The lowest BCUT2D eigenvalue weighted by molar-refractivity contribution is -0.143. The van der Waals surface area contributed by atoms with Crippen molar-refractivity contribution in [2.45, 2.75) is 77.9 Å². The van der Waals surface area contributed by atoms with E-state index in [9.17, 15) is 4.79 Å². The zero-order valence-corrected chi connectivity index (χ0v) is 13.7. The van der Waals surface area contributed by atoms with Gasteiger partial charge in [0, 0.05) is 6.61 Å². The van der Waals surface area contributed by atoms with Crippen molar-refractivity contribution < 1.29 is 14.3 Å². The van der Waals surface area contributed by atoms with Gasteiger partial charge in [0.25, 0.3) is 0 Å². The van der Waals surface area contributed by atoms with E-state index in [1.54, 1.807) is 0 Å². The van der Waals surface area contributed by atoms with Gasteiger partial charge in [0.1, 0.15) is 6.04 Å². The van der Waals surface area contributed by atoms with E-state index >= 15 is 0 Å². The van der Waals surface area contributed by atoms with Crippen LogP contribution >= 0.6 is 0 Å². The number of hydrogen-bond donors (Lipinski definition) is 1. The van der Waals surface area contributed by atoms with Crippen LogP contribution < -0.4 is 5.32 Å². The van der Waals surface area contributed by atoms with Gasteiger partial charge in [-0.05, 0) is 32.7 Å². The minimum atomic E-state index is -0.243. The maximum absolute atomic E-state index is 11.6. The number of methoxy groups -OCH3 is 1. The molecule has 0 radical (unpaired) electrons. The summed E-state index contributed by atoms with van der Waals surface area (Å²) < 4.78 is 10.6. The minimum Gasteiger partial charge on any atom is -0.468 e. The average Bonchev–Trinajstić information content (AvgIpc) is 2.46. The fraction of sp³-hybridized carbons (Fsp3) is 0.938. The number of esters is 1. The van der Waals surface area contributed by atoms with Gasteiger partial charge in [0.15, 0.2) is 0 Å². The number of ether oxygens (including phenoxy) is 2. The zero-order valence-electron chi connectivity index (χ0n) is 13.7. The van der Waals surface area contributed by atoms with Crippen LogP contribution in [0.25, 0.3) is 0 Å². The largest absolute Gasteiger partial charge is 0.468 e.